The van der Waals surface area contributed by atoms with Crippen LogP contribution in [0.2, 0.25) is 0 Å². The summed E-state index contributed by atoms with van der Waals surface area (Å²) in [5.74, 6) is -4.01. The van der Waals surface area contributed by atoms with E-state index in [1.165, 1.54) is 22.9 Å². The molecule has 1 aromatic rings. The SMILES string of the molecule is CC(CC(=O)N(C)CC(=O)N1CCCC(C(=O)O)C1)c1ccc(F)cc1F. The number of hydrogen-bond acceptors (Lipinski definition) is 3. The molecule has 6 nitrogen and oxygen atoms in total. The zero-order chi connectivity index (χ0) is 20.1. The van der Waals surface area contributed by atoms with Crippen molar-refractivity contribution in [1.29, 1.82) is 0 Å². The molecule has 0 bridgehead atoms. The van der Waals surface area contributed by atoms with Crippen LogP contribution in [0.5, 0.6) is 0 Å². The highest BCUT2D eigenvalue weighted by Gasteiger charge is 2.29. The van der Waals surface area contributed by atoms with Gasteiger partial charge in [-0.3, -0.25) is 14.4 Å². The number of likely N-dealkylation sites (N-methyl/N-ethyl adjacent to an activating group) is 1. The fourth-order valence-corrected chi connectivity index (χ4v) is 3.23. The molecule has 1 aromatic carbocycles. The van der Waals surface area contributed by atoms with E-state index in [9.17, 15) is 23.2 Å². The van der Waals surface area contributed by atoms with Crippen molar-refractivity contribution >= 4 is 17.8 Å². The Hall–Kier alpha value is -2.51. The largest absolute Gasteiger partial charge is 0.481 e. The molecule has 1 aliphatic heterocycles. The number of amides is 2. The topological polar surface area (TPSA) is 77.9 Å². The summed E-state index contributed by atoms with van der Waals surface area (Å²) >= 11 is 0. The van der Waals surface area contributed by atoms with Crippen molar-refractivity contribution in [2.75, 3.05) is 26.7 Å². The van der Waals surface area contributed by atoms with Crippen molar-refractivity contribution in [2.45, 2.75) is 32.1 Å². The van der Waals surface area contributed by atoms with Crippen LogP contribution in [0.4, 0.5) is 8.78 Å². The van der Waals surface area contributed by atoms with E-state index >= 15 is 0 Å². The first kappa shape index (κ1) is 20.8. The Morgan fingerprint density at radius 1 is 1.33 bits per heavy atom. The second-order valence-corrected chi connectivity index (χ2v) is 7.04. The monoisotopic (exact) mass is 382 g/mol. The van der Waals surface area contributed by atoms with Crippen molar-refractivity contribution in [1.82, 2.24) is 9.80 Å². The Morgan fingerprint density at radius 3 is 2.67 bits per heavy atom. The van der Waals surface area contributed by atoms with Gasteiger partial charge in [-0.15, -0.1) is 0 Å². The van der Waals surface area contributed by atoms with Crippen LogP contribution in [0.25, 0.3) is 0 Å². The Labute approximate surface area is 156 Å². The fourth-order valence-electron chi connectivity index (χ4n) is 3.23. The molecule has 0 spiro atoms. The standard InChI is InChI=1S/C19H24F2N2O4/c1-12(15-6-5-14(20)9-16(15)21)8-17(24)22(2)11-18(25)23-7-3-4-13(10-23)19(26)27/h5-6,9,12-13H,3-4,7-8,10-11H2,1-2H3,(H,26,27). The van der Waals surface area contributed by atoms with Crippen LogP contribution in [0.3, 0.4) is 0 Å². The van der Waals surface area contributed by atoms with Crippen LogP contribution in [-0.4, -0.2) is 59.4 Å². The minimum absolute atomic E-state index is 0.0237. The summed E-state index contributed by atoms with van der Waals surface area (Å²) in [6.45, 7) is 2.12. The van der Waals surface area contributed by atoms with Crippen molar-refractivity contribution in [2.24, 2.45) is 5.92 Å². The zero-order valence-electron chi connectivity index (χ0n) is 15.5. The Kier molecular flexibility index (Phi) is 6.87. The molecule has 27 heavy (non-hydrogen) atoms. The fraction of sp³-hybridized carbons (Fsp3) is 0.526. The average Bonchev–Trinajstić information content (AvgIpc) is 2.61. The molecule has 2 unspecified atom stereocenters. The molecule has 1 aliphatic rings. The van der Waals surface area contributed by atoms with Crippen molar-refractivity contribution < 1.29 is 28.3 Å². The van der Waals surface area contributed by atoms with Crippen molar-refractivity contribution in [3.63, 3.8) is 0 Å². The predicted octanol–water partition coefficient (Wildman–Crippen LogP) is 2.24. The van der Waals surface area contributed by atoms with E-state index in [4.69, 9.17) is 5.11 Å². The van der Waals surface area contributed by atoms with Crippen LogP contribution in [-0.2, 0) is 14.4 Å². The quantitative estimate of drug-likeness (QED) is 0.819. The third kappa shape index (κ3) is 5.48. The van der Waals surface area contributed by atoms with E-state index in [2.05, 4.69) is 0 Å². The summed E-state index contributed by atoms with van der Waals surface area (Å²) in [6, 6.07) is 3.23. The average molecular weight is 382 g/mol. The first-order valence-corrected chi connectivity index (χ1v) is 8.88. The van der Waals surface area contributed by atoms with E-state index in [0.717, 1.165) is 12.1 Å². The minimum atomic E-state index is -0.924. The van der Waals surface area contributed by atoms with Gasteiger partial charge in [-0.1, -0.05) is 13.0 Å². The van der Waals surface area contributed by atoms with Crippen LogP contribution >= 0.6 is 0 Å². The normalized spacial score (nSPS) is 18.1. The van der Waals surface area contributed by atoms with Gasteiger partial charge in [0.1, 0.15) is 11.6 Å². The summed E-state index contributed by atoms with van der Waals surface area (Å²) in [5.41, 5.74) is 0.241. The van der Waals surface area contributed by atoms with Crippen LogP contribution in [0, 0.1) is 17.6 Å². The summed E-state index contributed by atoms with van der Waals surface area (Å²) in [7, 11) is 1.48. The Morgan fingerprint density at radius 2 is 2.04 bits per heavy atom. The van der Waals surface area contributed by atoms with Gasteiger partial charge in [0.2, 0.25) is 11.8 Å². The highest BCUT2D eigenvalue weighted by atomic mass is 19.1. The van der Waals surface area contributed by atoms with Crippen LogP contribution in [0.15, 0.2) is 18.2 Å². The molecule has 0 aromatic heterocycles. The van der Waals surface area contributed by atoms with E-state index in [1.807, 2.05) is 0 Å². The molecule has 0 saturated carbocycles. The molecule has 8 heteroatoms. The summed E-state index contributed by atoms with van der Waals surface area (Å²) in [4.78, 5) is 38.5. The molecule has 1 saturated heterocycles. The molecule has 2 amide bonds. The molecule has 1 N–H and O–H groups in total. The van der Waals surface area contributed by atoms with Gasteiger partial charge in [-0.2, -0.15) is 0 Å². The van der Waals surface area contributed by atoms with E-state index in [1.54, 1.807) is 6.92 Å². The molecule has 2 rings (SSSR count). The van der Waals surface area contributed by atoms with Gasteiger partial charge in [0, 0.05) is 32.6 Å². The predicted molar refractivity (Wildman–Crippen MR) is 94.0 cm³/mol. The summed E-state index contributed by atoms with van der Waals surface area (Å²) in [5, 5.41) is 9.10. The van der Waals surface area contributed by atoms with Gasteiger partial charge in [0.05, 0.1) is 12.5 Å². The van der Waals surface area contributed by atoms with Crippen LogP contribution in [0.1, 0.15) is 37.7 Å². The van der Waals surface area contributed by atoms with E-state index in [0.29, 0.717) is 19.4 Å². The summed E-state index contributed by atoms with van der Waals surface area (Å²) in [6.07, 6.45) is 1.12. The van der Waals surface area contributed by atoms with Crippen LogP contribution < -0.4 is 0 Å². The zero-order valence-corrected chi connectivity index (χ0v) is 15.5. The number of halogens is 2. The van der Waals surface area contributed by atoms with Gasteiger partial charge in [0.25, 0.3) is 0 Å². The molecule has 148 valence electrons. The summed E-state index contributed by atoms with van der Waals surface area (Å²) < 4.78 is 26.8. The number of carbonyl (C=O) groups is 3. The number of carbonyl (C=O) groups excluding carboxylic acids is 2. The highest BCUT2D eigenvalue weighted by molar-refractivity contribution is 5.85. The lowest BCUT2D eigenvalue weighted by atomic mass is 9.96. The molecule has 1 heterocycles. The van der Waals surface area contributed by atoms with Gasteiger partial charge in [0.15, 0.2) is 0 Å². The smallest absolute Gasteiger partial charge is 0.308 e. The van der Waals surface area contributed by atoms with Crippen molar-refractivity contribution in [3.8, 4) is 0 Å². The second kappa shape index (κ2) is 8.92. The number of carboxylic acids is 1. The molecule has 1 fully saturated rings. The van der Waals surface area contributed by atoms with E-state index < -0.39 is 29.4 Å². The minimum Gasteiger partial charge on any atom is -0.481 e. The molecule has 0 aliphatic carbocycles. The maximum Gasteiger partial charge on any atom is 0.308 e. The molecule has 0 radical (unpaired) electrons. The number of piperidine rings is 1. The first-order chi connectivity index (χ1) is 12.7. The lowest BCUT2D eigenvalue weighted by Gasteiger charge is -2.32. The number of carboxylic acid groups (broad SMARTS) is 1. The van der Waals surface area contributed by atoms with Gasteiger partial charge < -0.3 is 14.9 Å². The number of aliphatic carboxylic acids is 1. The number of likely N-dealkylation sites (tertiary alicyclic amines) is 1. The van der Waals surface area contributed by atoms with E-state index in [-0.39, 0.29) is 36.9 Å². The van der Waals surface area contributed by atoms with Gasteiger partial charge in [-0.25, -0.2) is 8.78 Å². The Bertz CT molecular complexity index is 726. The molecular weight excluding hydrogens is 358 g/mol. The number of nitrogens with zero attached hydrogens (tertiary/aromatic N) is 2. The third-order valence-electron chi connectivity index (χ3n) is 4.90. The number of hydrogen-bond donors (Lipinski definition) is 1. The Balaban J connectivity index is 1.90. The third-order valence-corrected chi connectivity index (χ3v) is 4.90. The maximum atomic E-state index is 13.8. The van der Waals surface area contributed by atoms with Gasteiger partial charge >= 0.3 is 5.97 Å². The second-order valence-electron chi connectivity index (χ2n) is 7.04. The van der Waals surface area contributed by atoms with Gasteiger partial charge in [-0.05, 0) is 30.4 Å². The maximum absolute atomic E-state index is 13.8. The molecule has 2 atom stereocenters. The first-order valence-electron chi connectivity index (χ1n) is 8.88. The number of rotatable bonds is 6. The lowest BCUT2D eigenvalue weighted by Crippen LogP contribution is -2.47. The number of benzene rings is 1. The lowest BCUT2D eigenvalue weighted by molar-refractivity contribution is -0.147. The highest BCUT2D eigenvalue weighted by Crippen LogP contribution is 2.23. The molecular formula is C19H24F2N2O4. The van der Waals surface area contributed by atoms with Crippen molar-refractivity contribution in [3.05, 3.63) is 35.4 Å².